The van der Waals surface area contributed by atoms with E-state index < -0.39 is 20.0 Å². The van der Waals surface area contributed by atoms with Gasteiger partial charge in [0.1, 0.15) is 0 Å². The molecule has 0 radical (unpaired) electrons. The fourth-order valence-electron chi connectivity index (χ4n) is 1.51. The lowest BCUT2D eigenvalue weighted by Gasteiger charge is -2.15. The minimum atomic E-state index is -3.32. The van der Waals surface area contributed by atoms with Crippen LogP contribution in [0.15, 0.2) is 0 Å². The number of hydrogen-bond donors (Lipinski definition) is 2. The van der Waals surface area contributed by atoms with Crippen molar-refractivity contribution >= 4 is 31.6 Å². The van der Waals surface area contributed by atoms with E-state index in [1.54, 1.807) is 6.92 Å². The molecule has 0 saturated carbocycles. The smallest absolute Gasteiger partial charge is 0.209 e. The summed E-state index contributed by atoms with van der Waals surface area (Å²) in [6.45, 7) is 4.35. The van der Waals surface area contributed by atoms with Crippen molar-refractivity contribution in [3.8, 4) is 0 Å². The molecule has 124 valence electrons. The first-order valence-electron chi connectivity index (χ1n) is 5.98. The lowest BCUT2D eigenvalue weighted by atomic mass is 10.2. The molecular formula is C10H26ClN3O4S2. The van der Waals surface area contributed by atoms with Crippen LogP contribution in [-0.4, -0.2) is 59.8 Å². The highest BCUT2D eigenvalue weighted by Gasteiger charge is 2.11. The van der Waals surface area contributed by atoms with Gasteiger partial charge in [-0.1, -0.05) is 13.8 Å². The van der Waals surface area contributed by atoms with E-state index in [2.05, 4.69) is 0 Å². The zero-order chi connectivity index (χ0) is 16.6. The third-order valence-electron chi connectivity index (χ3n) is 1.97. The summed E-state index contributed by atoms with van der Waals surface area (Å²) in [6, 6.07) is 0. The van der Waals surface area contributed by atoms with Gasteiger partial charge in [-0.05, 0) is 25.9 Å². The maximum Gasteiger partial charge on any atom is 0.209 e. The van der Waals surface area contributed by atoms with Crippen LogP contribution >= 0.6 is 11.6 Å². The predicted octanol–water partition coefficient (Wildman–Crippen LogP) is -0.378. The molecule has 0 aliphatic heterocycles. The maximum atomic E-state index is 10.6. The number of nitrogens with zero attached hydrogens (tertiary/aromatic N) is 1. The third-order valence-corrected chi connectivity index (χ3v) is 4.57. The second kappa shape index (κ2) is 9.91. The Bertz CT molecular complexity index is 451. The number of nitrogens with two attached hydrogens (primary N) is 2. The molecule has 0 aromatic carbocycles. The van der Waals surface area contributed by atoms with Crippen LogP contribution in [0, 0.1) is 11.8 Å². The van der Waals surface area contributed by atoms with Gasteiger partial charge in [0.15, 0.2) is 0 Å². The van der Waals surface area contributed by atoms with Crippen LogP contribution in [0.2, 0.25) is 0 Å². The molecule has 0 aliphatic carbocycles. The molecule has 0 saturated heterocycles. The van der Waals surface area contributed by atoms with Gasteiger partial charge in [-0.3, -0.25) is 0 Å². The number of sulfonamides is 2. The van der Waals surface area contributed by atoms with Crippen molar-refractivity contribution in [2.45, 2.75) is 13.8 Å². The van der Waals surface area contributed by atoms with Crippen LogP contribution in [0.5, 0.6) is 0 Å². The summed E-state index contributed by atoms with van der Waals surface area (Å²) in [6.07, 6.45) is 0. The van der Waals surface area contributed by atoms with Crippen molar-refractivity contribution in [3.63, 3.8) is 0 Å². The van der Waals surface area contributed by atoms with Crippen molar-refractivity contribution in [1.29, 1.82) is 0 Å². The van der Waals surface area contributed by atoms with Gasteiger partial charge in [-0.2, -0.15) is 0 Å². The molecule has 0 aliphatic rings. The van der Waals surface area contributed by atoms with Crippen molar-refractivity contribution in [3.05, 3.63) is 0 Å². The Morgan fingerprint density at radius 3 is 1.50 bits per heavy atom. The monoisotopic (exact) mass is 351 g/mol. The molecule has 0 aromatic heterocycles. The molecule has 0 heterocycles. The molecule has 0 fully saturated rings. The van der Waals surface area contributed by atoms with Crippen LogP contribution in [0.3, 0.4) is 0 Å². The molecular weight excluding hydrogens is 326 g/mol. The first kappa shape index (κ1) is 22.4. The number of hydrogen-bond acceptors (Lipinski definition) is 5. The lowest BCUT2D eigenvalue weighted by Crippen LogP contribution is -2.28. The normalized spacial score (nSPS) is 15.4. The minimum absolute atomic E-state index is 0.0312. The van der Waals surface area contributed by atoms with Gasteiger partial charge in [0, 0.05) is 12.4 Å². The molecule has 0 rings (SSSR count). The molecule has 0 bridgehead atoms. The zero-order valence-corrected chi connectivity index (χ0v) is 14.8. The standard InChI is InChI=1S/C6H16N2O2S.C4H10ClNO2S/c1-6(4-8(2)3)5-11(7,9)10;1-4(2-5)3-9(6,7)8/h6H,4-5H2,1-3H3,(H2,7,9,10);4H,2-3H2,1H3,(H2,6,7,8). The topological polar surface area (TPSA) is 124 Å². The van der Waals surface area contributed by atoms with Gasteiger partial charge >= 0.3 is 0 Å². The second-order valence-electron chi connectivity index (χ2n) is 5.29. The summed E-state index contributed by atoms with van der Waals surface area (Å²) in [7, 11) is -2.81. The van der Waals surface area contributed by atoms with Crippen LogP contribution < -0.4 is 10.3 Å². The van der Waals surface area contributed by atoms with Gasteiger partial charge in [0.05, 0.1) is 11.5 Å². The number of primary sulfonamides is 2. The van der Waals surface area contributed by atoms with E-state index in [0.717, 1.165) is 6.54 Å². The molecule has 7 nitrogen and oxygen atoms in total. The molecule has 0 spiro atoms. The molecule has 0 amide bonds. The molecule has 20 heavy (non-hydrogen) atoms. The van der Waals surface area contributed by atoms with Gasteiger partial charge in [-0.25, -0.2) is 27.1 Å². The minimum Gasteiger partial charge on any atom is -0.309 e. The van der Waals surface area contributed by atoms with Gasteiger partial charge in [0.25, 0.3) is 0 Å². The molecule has 2 unspecified atom stereocenters. The Balaban J connectivity index is 0. The fraction of sp³-hybridized carbons (Fsp3) is 1.00. The Morgan fingerprint density at radius 2 is 1.30 bits per heavy atom. The van der Waals surface area contributed by atoms with Crippen molar-refractivity contribution < 1.29 is 16.8 Å². The van der Waals surface area contributed by atoms with E-state index in [1.165, 1.54) is 0 Å². The fourth-order valence-corrected chi connectivity index (χ4v) is 3.56. The van der Waals surface area contributed by atoms with E-state index in [1.807, 2.05) is 25.9 Å². The average Bonchev–Trinajstić information content (AvgIpc) is 2.10. The van der Waals surface area contributed by atoms with Crippen LogP contribution in [0.4, 0.5) is 0 Å². The van der Waals surface area contributed by atoms with E-state index >= 15 is 0 Å². The first-order chi connectivity index (χ1) is 8.76. The number of alkyl halides is 1. The van der Waals surface area contributed by atoms with E-state index in [0.29, 0.717) is 5.88 Å². The summed E-state index contributed by atoms with van der Waals surface area (Å²) in [5.74, 6) is 0.402. The van der Waals surface area contributed by atoms with Crippen LogP contribution in [0.1, 0.15) is 13.8 Å². The number of halogens is 1. The summed E-state index contributed by atoms with van der Waals surface area (Å²) >= 11 is 5.34. The summed E-state index contributed by atoms with van der Waals surface area (Å²) in [5, 5.41) is 9.59. The molecule has 10 heteroatoms. The van der Waals surface area contributed by atoms with Gasteiger partial charge < -0.3 is 4.90 Å². The highest BCUT2D eigenvalue weighted by molar-refractivity contribution is 7.89. The average molecular weight is 352 g/mol. The van der Waals surface area contributed by atoms with E-state index in [9.17, 15) is 16.8 Å². The van der Waals surface area contributed by atoms with Crippen molar-refractivity contribution in [1.82, 2.24) is 4.90 Å². The van der Waals surface area contributed by atoms with Crippen molar-refractivity contribution in [2.24, 2.45) is 22.1 Å². The Labute approximate surface area is 127 Å². The Morgan fingerprint density at radius 1 is 0.950 bits per heavy atom. The largest absolute Gasteiger partial charge is 0.309 e. The van der Waals surface area contributed by atoms with E-state index in [-0.39, 0.29) is 23.3 Å². The first-order valence-corrected chi connectivity index (χ1v) is 9.95. The summed E-state index contributed by atoms with van der Waals surface area (Å²) < 4.78 is 41.8. The number of rotatable bonds is 7. The molecule has 0 aromatic rings. The second-order valence-corrected chi connectivity index (χ2v) is 8.91. The SMILES string of the molecule is CC(CCl)CS(N)(=O)=O.CC(CN(C)C)CS(N)(=O)=O. The maximum absolute atomic E-state index is 10.6. The summed E-state index contributed by atoms with van der Waals surface area (Å²) in [5.41, 5.74) is 0. The Kier molecular flexibility index (Phi) is 11.1. The predicted molar refractivity (Wildman–Crippen MR) is 83.6 cm³/mol. The summed E-state index contributed by atoms with van der Waals surface area (Å²) in [4.78, 5) is 1.94. The van der Waals surface area contributed by atoms with Crippen molar-refractivity contribution in [2.75, 3.05) is 38.0 Å². The van der Waals surface area contributed by atoms with E-state index in [4.69, 9.17) is 21.9 Å². The highest BCUT2D eigenvalue weighted by Crippen LogP contribution is 1.99. The van der Waals surface area contributed by atoms with Gasteiger partial charge in [0.2, 0.25) is 20.0 Å². The zero-order valence-electron chi connectivity index (χ0n) is 12.4. The Hall–Kier alpha value is 0.0700. The third kappa shape index (κ3) is 20.4. The lowest BCUT2D eigenvalue weighted by molar-refractivity contribution is 0.354. The highest BCUT2D eigenvalue weighted by atomic mass is 35.5. The molecule has 2 atom stereocenters. The quantitative estimate of drug-likeness (QED) is 0.605. The van der Waals surface area contributed by atoms with Crippen LogP contribution in [-0.2, 0) is 20.0 Å². The molecule has 4 N–H and O–H groups in total. The van der Waals surface area contributed by atoms with Gasteiger partial charge in [-0.15, -0.1) is 11.6 Å². The van der Waals surface area contributed by atoms with Crippen LogP contribution in [0.25, 0.3) is 0 Å².